The maximum Gasteiger partial charge on any atom is 0.307 e. The summed E-state index contributed by atoms with van der Waals surface area (Å²) < 4.78 is 26.3. The predicted molar refractivity (Wildman–Crippen MR) is 71.5 cm³/mol. The van der Waals surface area contributed by atoms with Crippen LogP contribution in [0.1, 0.15) is 11.1 Å². The van der Waals surface area contributed by atoms with E-state index < -0.39 is 17.6 Å². The second kappa shape index (κ2) is 6.14. The Kier molecular flexibility index (Phi) is 4.30. The van der Waals surface area contributed by atoms with E-state index >= 15 is 0 Å². The van der Waals surface area contributed by atoms with Crippen LogP contribution in [0.25, 0.3) is 0 Å². The van der Waals surface area contributed by atoms with Crippen LogP contribution in [-0.4, -0.2) is 11.1 Å². The van der Waals surface area contributed by atoms with Gasteiger partial charge < -0.3 is 10.4 Å². The maximum absolute atomic E-state index is 13.5. The predicted octanol–water partition coefficient (Wildman–Crippen LogP) is 3.20. The minimum absolute atomic E-state index is 0.0935. The number of aliphatic carboxylic acids is 1. The smallest absolute Gasteiger partial charge is 0.307 e. The fourth-order valence-electron chi connectivity index (χ4n) is 1.89. The summed E-state index contributed by atoms with van der Waals surface area (Å²) in [5.74, 6) is -2.24. The van der Waals surface area contributed by atoms with Crippen LogP contribution in [0.5, 0.6) is 0 Å². The Hall–Kier alpha value is -2.43. The molecule has 0 unspecified atom stereocenters. The third kappa shape index (κ3) is 3.54. The number of nitrogens with one attached hydrogen (secondary N) is 1. The van der Waals surface area contributed by atoms with E-state index in [0.29, 0.717) is 5.56 Å². The van der Waals surface area contributed by atoms with Gasteiger partial charge in [-0.2, -0.15) is 0 Å². The van der Waals surface area contributed by atoms with Crippen LogP contribution >= 0.6 is 0 Å². The Morgan fingerprint density at radius 2 is 1.80 bits per heavy atom. The first kappa shape index (κ1) is 14.0. The molecule has 0 radical (unpaired) electrons. The molecular formula is C15H13F2NO2. The number of benzene rings is 2. The van der Waals surface area contributed by atoms with Gasteiger partial charge in [-0.15, -0.1) is 0 Å². The van der Waals surface area contributed by atoms with E-state index in [1.807, 2.05) is 0 Å². The number of carbonyl (C=O) groups is 1. The molecule has 0 aliphatic rings. The standard InChI is InChI=1S/C15H13F2NO2/c16-12-5-6-14(13(17)8-12)18-9-11-4-2-1-3-10(11)7-15(19)20/h1-6,8,18H,7,9H2,(H,19,20). The molecule has 0 fully saturated rings. The minimum Gasteiger partial charge on any atom is -0.481 e. The van der Waals surface area contributed by atoms with Crippen molar-refractivity contribution in [1.29, 1.82) is 0 Å². The van der Waals surface area contributed by atoms with Gasteiger partial charge in [0.2, 0.25) is 0 Å². The molecule has 2 N–H and O–H groups in total. The Morgan fingerprint density at radius 1 is 1.10 bits per heavy atom. The van der Waals surface area contributed by atoms with Crippen molar-refractivity contribution in [2.45, 2.75) is 13.0 Å². The monoisotopic (exact) mass is 277 g/mol. The first-order chi connectivity index (χ1) is 9.56. The van der Waals surface area contributed by atoms with Crippen molar-refractivity contribution >= 4 is 11.7 Å². The third-order valence-corrected chi connectivity index (χ3v) is 2.86. The highest BCUT2D eigenvalue weighted by atomic mass is 19.1. The number of hydrogen-bond donors (Lipinski definition) is 2. The number of hydrogen-bond acceptors (Lipinski definition) is 2. The van der Waals surface area contributed by atoms with Gasteiger partial charge in [0.1, 0.15) is 11.6 Å². The lowest BCUT2D eigenvalue weighted by molar-refractivity contribution is -0.136. The van der Waals surface area contributed by atoms with Crippen molar-refractivity contribution < 1.29 is 18.7 Å². The normalized spacial score (nSPS) is 10.3. The van der Waals surface area contributed by atoms with Gasteiger partial charge in [-0.3, -0.25) is 4.79 Å². The van der Waals surface area contributed by atoms with Gasteiger partial charge in [-0.05, 0) is 23.3 Å². The van der Waals surface area contributed by atoms with Gasteiger partial charge in [0, 0.05) is 12.6 Å². The molecule has 0 amide bonds. The van der Waals surface area contributed by atoms with Crippen molar-refractivity contribution in [3.8, 4) is 0 Å². The van der Waals surface area contributed by atoms with E-state index in [-0.39, 0.29) is 18.7 Å². The van der Waals surface area contributed by atoms with Crippen molar-refractivity contribution in [1.82, 2.24) is 0 Å². The van der Waals surface area contributed by atoms with E-state index in [9.17, 15) is 13.6 Å². The Balaban J connectivity index is 2.12. The molecule has 20 heavy (non-hydrogen) atoms. The van der Waals surface area contributed by atoms with Crippen LogP contribution in [0.4, 0.5) is 14.5 Å². The molecule has 0 heterocycles. The summed E-state index contributed by atoms with van der Waals surface area (Å²) in [5.41, 5.74) is 1.60. The largest absolute Gasteiger partial charge is 0.481 e. The molecule has 104 valence electrons. The van der Waals surface area contributed by atoms with Crippen LogP contribution < -0.4 is 5.32 Å². The van der Waals surface area contributed by atoms with Crippen molar-refractivity contribution in [2.24, 2.45) is 0 Å². The fourth-order valence-corrected chi connectivity index (χ4v) is 1.89. The summed E-state index contributed by atoms with van der Waals surface area (Å²) in [6, 6.07) is 10.3. The van der Waals surface area contributed by atoms with Gasteiger partial charge in [0.05, 0.1) is 12.1 Å². The Labute approximate surface area is 114 Å². The first-order valence-corrected chi connectivity index (χ1v) is 6.04. The molecular weight excluding hydrogens is 264 g/mol. The number of halogens is 2. The summed E-state index contributed by atoms with van der Waals surface area (Å²) in [7, 11) is 0. The van der Waals surface area contributed by atoms with E-state index in [4.69, 9.17) is 5.11 Å². The van der Waals surface area contributed by atoms with E-state index in [1.165, 1.54) is 6.07 Å². The molecule has 0 aromatic heterocycles. The number of anilines is 1. The lowest BCUT2D eigenvalue weighted by Crippen LogP contribution is -2.08. The second-order valence-corrected chi connectivity index (χ2v) is 4.32. The fraction of sp³-hybridized carbons (Fsp3) is 0.133. The van der Waals surface area contributed by atoms with Gasteiger partial charge >= 0.3 is 5.97 Å². The molecule has 0 aliphatic carbocycles. The average molecular weight is 277 g/mol. The topological polar surface area (TPSA) is 49.3 Å². The Bertz CT molecular complexity index is 629. The zero-order valence-electron chi connectivity index (χ0n) is 10.6. The highest BCUT2D eigenvalue weighted by Crippen LogP contribution is 2.17. The van der Waals surface area contributed by atoms with E-state index in [1.54, 1.807) is 24.3 Å². The molecule has 0 spiro atoms. The SMILES string of the molecule is O=C(O)Cc1ccccc1CNc1ccc(F)cc1F. The van der Waals surface area contributed by atoms with Crippen LogP contribution in [0, 0.1) is 11.6 Å². The van der Waals surface area contributed by atoms with Gasteiger partial charge in [0.15, 0.2) is 0 Å². The van der Waals surface area contributed by atoms with E-state index in [0.717, 1.165) is 17.7 Å². The van der Waals surface area contributed by atoms with Gasteiger partial charge in [0.25, 0.3) is 0 Å². The number of carboxylic acid groups (broad SMARTS) is 1. The molecule has 0 aliphatic heterocycles. The number of rotatable bonds is 5. The molecule has 2 aromatic rings. The molecule has 0 atom stereocenters. The summed E-state index contributed by atoms with van der Waals surface area (Å²) in [5, 5.41) is 11.7. The quantitative estimate of drug-likeness (QED) is 0.882. The summed E-state index contributed by atoms with van der Waals surface area (Å²) in [6.45, 7) is 0.270. The highest BCUT2D eigenvalue weighted by Gasteiger charge is 2.08. The molecule has 2 aromatic carbocycles. The minimum atomic E-state index is -0.926. The van der Waals surface area contributed by atoms with Gasteiger partial charge in [-0.1, -0.05) is 24.3 Å². The molecule has 3 nitrogen and oxygen atoms in total. The zero-order chi connectivity index (χ0) is 14.5. The summed E-state index contributed by atoms with van der Waals surface area (Å²) >= 11 is 0. The summed E-state index contributed by atoms with van der Waals surface area (Å²) in [4.78, 5) is 10.8. The van der Waals surface area contributed by atoms with Crippen LogP contribution in [-0.2, 0) is 17.8 Å². The summed E-state index contributed by atoms with van der Waals surface area (Å²) in [6.07, 6.45) is -0.0935. The van der Waals surface area contributed by atoms with E-state index in [2.05, 4.69) is 5.32 Å². The van der Waals surface area contributed by atoms with Crippen LogP contribution in [0.2, 0.25) is 0 Å². The highest BCUT2D eigenvalue weighted by molar-refractivity contribution is 5.70. The van der Waals surface area contributed by atoms with Gasteiger partial charge in [-0.25, -0.2) is 8.78 Å². The second-order valence-electron chi connectivity index (χ2n) is 4.32. The maximum atomic E-state index is 13.5. The molecule has 0 saturated carbocycles. The zero-order valence-corrected chi connectivity index (χ0v) is 10.6. The third-order valence-electron chi connectivity index (χ3n) is 2.86. The van der Waals surface area contributed by atoms with Crippen molar-refractivity contribution in [3.05, 3.63) is 65.2 Å². The van der Waals surface area contributed by atoms with Crippen molar-refractivity contribution in [3.63, 3.8) is 0 Å². The van der Waals surface area contributed by atoms with Crippen LogP contribution in [0.3, 0.4) is 0 Å². The first-order valence-electron chi connectivity index (χ1n) is 6.04. The molecule has 0 saturated heterocycles. The van der Waals surface area contributed by atoms with Crippen LogP contribution in [0.15, 0.2) is 42.5 Å². The number of carboxylic acids is 1. The lowest BCUT2D eigenvalue weighted by atomic mass is 10.0. The molecule has 0 bridgehead atoms. The van der Waals surface area contributed by atoms with Crippen molar-refractivity contribution in [2.75, 3.05) is 5.32 Å². The average Bonchev–Trinajstić information content (AvgIpc) is 2.39. The Morgan fingerprint density at radius 3 is 2.45 bits per heavy atom. The molecule has 5 heteroatoms. The molecule has 2 rings (SSSR count). The lowest BCUT2D eigenvalue weighted by Gasteiger charge is -2.11.